The molecule has 0 aliphatic rings. The normalized spacial score (nSPS) is 10.2. The molecule has 0 aliphatic heterocycles. The topological polar surface area (TPSA) is 22.1 Å². The molecule has 0 amide bonds. The summed E-state index contributed by atoms with van der Waals surface area (Å²) in [5, 5.41) is 0. The van der Waals surface area contributed by atoms with Crippen molar-refractivity contribution in [3.05, 3.63) is 50.1 Å². The van der Waals surface area contributed by atoms with Gasteiger partial charge in [-0.15, -0.1) is 0 Å². The van der Waals surface area contributed by atoms with Gasteiger partial charge < -0.3 is 4.74 Å². The maximum Gasteiger partial charge on any atom is 0.146 e. The van der Waals surface area contributed by atoms with Gasteiger partial charge in [-0.2, -0.15) is 0 Å². The third-order valence-corrected chi connectivity index (χ3v) is 3.35. The Kier molecular flexibility index (Phi) is 4.00. The fourth-order valence-corrected chi connectivity index (χ4v) is 2.60. The minimum Gasteiger partial charge on any atom is -0.455 e. The molecule has 2 aromatic rings. The lowest BCUT2D eigenvalue weighted by Gasteiger charge is -2.07. The minimum atomic E-state index is 0.692. The summed E-state index contributed by atoms with van der Waals surface area (Å²) in [6.45, 7) is 0. The van der Waals surface area contributed by atoms with Gasteiger partial charge in [0.1, 0.15) is 11.5 Å². The van der Waals surface area contributed by atoms with Gasteiger partial charge in [0.05, 0.1) is 10.7 Å². The Morgan fingerprint density at radius 1 is 0.938 bits per heavy atom. The van der Waals surface area contributed by atoms with Gasteiger partial charge in [-0.3, -0.25) is 4.98 Å². The highest BCUT2D eigenvalue weighted by molar-refractivity contribution is 9.11. The summed E-state index contributed by atoms with van der Waals surface area (Å²) >= 11 is 10.2. The van der Waals surface area contributed by atoms with Gasteiger partial charge in [-0.25, -0.2) is 0 Å². The lowest BCUT2D eigenvalue weighted by atomic mass is 10.3. The van der Waals surface area contributed by atoms with Crippen LogP contribution in [0.2, 0.25) is 0 Å². The van der Waals surface area contributed by atoms with Crippen LogP contribution in [-0.2, 0) is 0 Å². The summed E-state index contributed by atoms with van der Waals surface area (Å²) in [5.74, 6) is 1.44. The molecular weight excluding hydrogens is 402 g/mol. The number of benzene rings is 1. The van der Waals surface area contributed by atoms with Crippen LogP contribution in [0, 0.1) is 0 Å². The molecule has 0 radical (unpaired) electrons. The van der Waals surface area contributed by atoms with Gasteiger partial charge in [0.15, 0.2) is 0 Å². The van der Waals surface area contributed by atoms with Crippen LogP contribution in [0.4, 0.5) is 0 Å². The van der Waals surface area contributed by atoms with Gasteiger partial charge in [0, 0.05) is 15.1 Å². The summed E-state index contributed by atoms with van der Waals surface area (Å²) in [4.78, 5) is 4.03. The first-order chi connectivity index (χ1) is 7.65. The Labute approximate surface area is 118 Å². The number of nitrogens with zero attached hydrogens (tertiary/aromatic N) is 1. The smallest absolute Gasteiger partial charge is 0.146 e. The molecule has 82 valence electrons. The molecule has 1 aromatic carbocycles. The second-order valence-corrected chi connectivity index (χ2v) is 5.70. The molecule has 0 saturated carbocycles. The molecule has 0 atom stereocenters. The first-order valence-corrected chi connectivity index (χ1v) is 6.76. The molecule has 5 heteroatoms. The second kappa shape index (κ2) is 5.29. The first-order valence-electron chi connectivity index (χ1n) is 4.38. The Morgan fingerprint density at radius 2 is 1.75 bits per heavy atom. The Morgan fingerprint density at radius 3 is 2.44 bits per heavy atom. The lowest BCUT2D eigenvalue weighted by molar-refractivity contribution is 0.477. The molecule has 0 fully saturated rings. The van der Waals surface area contributed by atoms with Crippen molar-refractivity contribution in [3.63, 3.8) is 0 Å². The van der Waals surface area contributed by atoms with E-state index < -0.39 is 0 Å². The second-order valence-electron chi connectivity index (χ2n) is 3.02. The summed E-state index contributed by atoms with van der Waals surface area (Å²) in [5.41, 5.74) is 0. The van der Waals surface area contributed by atoms with Gasteiger partial charge in [-0.1, -0.05) is 15.9 Å². The molecule has 0 bridgehead atoms. The maximum absolute atomic E-state index is 5.68. The molecule has 0 saturated heterocycles. The van der Waals surface area contributed by atoms with E-state index in [1.165, 1.54) is 0 Å². The summed E-state index contributed by atoms with van der Waals surface area (Å²) < 4.78 is 8.46. The molecule has 0 aliphatic carbocycles. The largest absolute Gasteiger partial charge is 0.455 e. The van der Waals surface area contributed by atoms with Crippen LogP contribution in [0.25, 0.3) is 0 Å². The number of ether oxygens (including phenoxy) is 1. The fraction of sp³-hybridized carbons (Fsp3) is 0. The van der Waals surface area contributed by atoms with Gasteiger partial charge in [-0.05, 0) is 56.1 Å². The predicted molar refractivity (Wildman–Crippen MR) is 73.9 cm³/mol. The Hall–Kier alpha value is -0.390. The van der Waals surface area contributed by atoms with Gasteiger partial charge in [0.25, 0.3) is 0 Å². The molecule has 2 nitrogen and oxygen atoms in total. The van der Waals surface area contributed by atoms with E-state index in [1.807, 2.05) is 24.3 Å². The standard InChI is InChI=1S/C11H6Br3NO/c12-7-1-2-11(10(14)4-7)16-9-3-8(13)5-15-6-9/h1-6H. The SMILES string of the molecule is Brc1cncc(Oc2ccc(Br)cc2Br)c1. The minimum absolute atomic E-state index is 0.692. The van der Waals surface area contributed by atoms with Gasteiger partial charge in [0.2, 0.25) is 0 Å². The Bertz CT molecular complexity index is 516. The van der Waals surface area contributed by atoms with E-state index in [2.05, 4.69) is 52.8 Å². The monoisotopic (exact) mass is 405 g/mol. The van der Waals surface area contributed by atoms with E-state index in [0.29, 0.717) is 5.75 Å². The zero-order chi connectivity index (χ0) is 11.5. The van der Waals surface area contributed by atoms with Crippen LogP contribution < -0.4 is 4.74 Å². The number of halogens is 3. The van der Waals surface area contributed by atoms with E-state index in [0.717, 1.165) is 19.2 Å². The first kappa shape index (κ1) is 12.1. The molecule has 0 N–H and O–H groups in total. The highest BCUT2D eigenvalue weighted by Gasteiger charge is 2.03. The average molecular weight is 408 g/mol. The molecule has 1 aromatic heterocycles. The molecule has 16 heavy (non-hydrogen) atoms. The number of pyridine rings is 1. The van der Waals surface area contributed by atoms with Crippen molar-refractivity contribution in [1.82, 2.24) is 4.98 Å². The summed E-state index contributed by atoms with van der Waals surface area (Å²) in [6, 6.07) is 7.60. The molecule has 0 spiro atoms. The Balaban J connectivity index is 2.27. The van der Waals surface area contributed by atoms with Gasteiger partial charge >= 0.3 is 0 Å². The number of aromatic nitrogens is 1. The third kappa shape index (κ3) is 3.06. The highest BCUT2D eigenvalue weighted by atomic mass is 79.9. The van der Waals surface area contributed by atoms with Crippen LogP contribution in [0.3, 0.4) is 0 Å². The van der Waals surface area contributed by atoms with Crippen LogP contribution in [0.1, 0.15) is 0 Å². The number of hydrogen-bond acceptors (Lipinski definition) is 2. The van der Waals surface area contributed by atoms with Crippen molar-refractivity contribution in [2.45, 2.75) is 0 Å². The highest BCUT2D eigenvalue weighted by Crippen LogP contribution is 2.32. The van der Waals surface area contributed by atoms with Crippen LogP contribution >= 0.6 is 47.8 Å². The van der Waals surface area contributed by atoms with Crippen molar-refractivity contribution in [2.24, 2.45) is 0 Å². The van der Waals surface area contributed by atoms with Crippen molar-refractivity contribution in [2.75, 3.05) is 0 Å². The number of hydrogen-bond donors (Lipinski definition) is 0. The third-order valence-electron chi connectivity index (χ3n) is 1.80. The summed E-state index contributed by atoms with van der Waals surface area (Å²) in [6.07, 6.45) is 3.38. The molecule has 1 heterocycles. The van der Waals surface area contributed by atoms with Crippen molar-refractivity contribution in [1.29, 1.82) is 0 Å². The lowest BCUT2D eigenvalue weighted by Crippen LogP contribution is -1.86. The van der Waals surface area contributed by atoms with E-state index >= 15 is 0 Å². The molecular formula is C11H6Br3NO. The van der Waals surface area contributed by atoms with Crippen LogP contribution in [-0.4, -0.2) is 4.98 Å². The number of rotatable bonds is 2. The van der Waals surface area contributed by atoms with Crippen LogP contribution in [0.15, 0.2) is 50.1 Å². The maximum atomic E-state index is 5.68. The fourth-order valence-electron chi connectivity index (χ4n) is 1.13. The van der Waals surface area contributed by atoms with E-state index in [-0.39, 0.29) is 0 Å². The van der Waals surface area contributed by atoms with Crippen molar-refractivity contribution in [3.8, 4) is 11.5 Å². The van der Waals surface area contributed by atoms with Crippen molar-refractivity contribution >= 4 is 47.8 Å². The zero-order valence-corrected chi connectivity index (χ0v) is 12.7. The average Bonchev–Trinajstić information content (AvgIpc) is 2.22. The van der Waals surface area contributed by atoms with E-state index in [4.69, 9.17) is 4.74 Å². The predicted octanol–water partition coefficient (Wildman–Crippen LogP) is 5.16. The quantitative estimate of drug-likeness (QED) is 0.685. The van der Waals surface area contributed by atoms with E-state index in [1.54, 1.807) is 12.4 Å². The molecule has 0 unspecified atom stereocenters. The summed E-state index contributed by atoms with van der Waals surface area (Å²) in [7, 11) is 0. The zero-order valence-electron chi connectivity index (χ0n) is 7.95. The van der Waals surface area contributed by atoms with Crippen LogP contribution in [0.5, 0.6) is 11.5 Å². The molecule has 2 rings (SSSR count). The van der Waals surface area contributed by atoms with E-state index in [9.17, 15) is 0 Å². The van der Waals surface area contributed by atoms with Crippen molar-refractivity contribution < 1.29 is 4.74 Å².